The summed E-state index contributed by atoms with van der Waals surface area (Å²) in [5.74, 6) is 0.676. The monoisotopic (exact) mass is 111 g/mol. The highest BCUT2D eigenvalue weighted by atomic mass is 15.0. The smallest absolute Gasteiger partial charge is 0.207 e. The summed E-state index contributed by atoms with van der Waals surface area (Å²) in [7, 11) is 0. The van der Waals surface area contributed by atoms with Crippen molar-refractivity contribution in [2.75, 3.05) is 6.54 Å². The van der Waals surface area contributed by atoms with Crippen molar-refractivity contribution < 1.29 is 0 Å². The van der Waals surface area contributed by atoms with Crippen LogP contribution >= 0.6 is 0 Å². The van der Waals surface area contributed by atoms with Crippen molar-refractivity contribution in [2.45, 2.75) is 13.8 Å². The molecule has 0 aromatic heterocycles. The van der Waals surface area contributed by atoms with Gasteiger partial charge in [-0.05, 0) is 13.8 Å². The number of rotatable bonds is 1. The van der Waals surface area contributed by atoms with Gasteiger partial charge < -0.3 is 5.32 Å². The van der Waals surface area contributed by atoms with E-state index in [4.69, 9.17) is 5.26 Å². The summed E-state index contributed by atoms with van der Waals surface area (Å²) in [6, 6.07) is 0. The Balaban J connectivity index is 3.49. The Hall–Kier alpha value is -1.04. The minimum Gasteiger partial charge on any atom is -0.373 e. The Labute approximate surface area is 49.0 Å². The average Bonchev–Trinajstić information content (AvgIpc) is 1.68. The van der Waals surface area contributed by atoms with Gasteiger partial charge in [-0.25, -0.2) is 0 Å². The molecule has 0 amide bonds. The van der Waals surface area contributed by atoms with Crippen molar-refractivity contribution in [1.82, 2.24) is 5.32 Å². The number of aliphatic imine (C=N–C) groups is 1. The second-order valence-electron chi connectivity index (χ2n) is 1.33. The van der Waals surface area contributed by atoms with E-state index in [9.17, 15) is 0 Å². The summed E-state index contributed by atoms with van der Waals surface area (Å²) < 4.78 is 0. The molecule has 0 rings (SSSR count). The zero-order valence-electron chi connectivity index (χ0n) is 5.10. The summed E-state index contributed by atoms with van der Waals surface area (Å²) in [4.78, 5) is 3.43. The lowest BCUT2D eigenvalue weighted by molar-refractivity contribution is 0.960. The molecule has 0 aliphatic carbocycles. The average molecular weight is 111 g/mol. The number of nitriles is 1. The minimum absolute atomic E-state index is 0.676. The number of amidine groups is 1. The van der Waals surface area contributed by atoms with E-state index < -0.39 is 0 Å². The molecule has 0 saturated heterocycles. The molecule has 0 radical (unpaired) electrons. The van der Waals surface area contributed by atoms with E-state index in [0.29, 0.717) is 5.84 Å². The fourth-order valence-corrected chi connectivity index (χ4v) is 0.370. The van der Waals surface area contributed by atoms with E-state index in [1.54, 1.807) is 13.1 Å². The van der Waals surface area contributed by atoms with Crippen LogP contribution in [-0.4, -0.2) is 12.4 Å². The quantitative estimate of drug-likeness (QED) is 0.304. The Kier molecular flexibility index (Phi) is 3.59. The van der Waals surface area contributed by atoms with Gasteiger partial charge in [0.2, 0.25) is 6.19 Å². The van der Waals surface area contributed by atoms with Crippen LogP contribution in [-0.2, 0) is 0 Å². The van der Waals surface area contributed by atoms with Crippen molar-refractivity contribution in [3.8, 4) is 6.19 Å². The maximum Gasteiger partial charge on any atom is 0.207 e. The molecule has 0 saturated carbocycles. The fourth-order valence-electron chi connectivity index (χ4n) is 0.370. The predicted molar refractivity (Wildman–Crippen MR) is 32.4 cm³/mol. The zero-order valence-corrected chi connectivity index (χ0v) is 5.10. The molecule has 1 N–H and O–H groups in total. The first-order valence-corrected chi connectivity index (χ1v) is 2.48. The highest BCUT2D eigenvalue weighted by Crippen LogP contribution is 1.67. The topological polar surface area (TPSA) is 48.2 Å². The SMILES string of the molecule is CCNC(C)=NC#N. The second-order valence-corrected chi connectivity index (χ2v) is 1.33. The molecule has 0 spiro atoms. The molecular formula is C5H9N3. The van der Waals surface area contributed by atoms with Crippen molar-refractivity contribution in [3.05, 3.63) is 0 Å². The van der Waals surface area contributed by atoms with Gasteiger partial charge in [0.15, 0.2) is 0 Å². The van der Waals surface area contributed by atoms with Gasteiger partial charge in [-0.2, -0.15) is 10.3 Å². The van der Waals surface area contributed by atoms with E-state index in [-0.39, 0.29) is 0 Å². The molecule has 0 heterocycles. The molecule has 0 bridgehead atoms. The molecule has 0 aromatic rings. The van der Waals surface area contributed by atoms with Gasteiger partial charge in [0.25, 0.3) is 0 Å². The van der Waals surface area contributed by atoms with Gasteiger partial charge >= 0.3 is 0 Å². The Bertz CT molecular complexity index is 120. The molecule has 0 unspecified atom stereocenters. The zero-order chi connectivity index (χ0) is 6.41. The summed E-state index contributed by atoms with van der Waals surface area (Å²) in [5.41, 5.74) is 0. The largest absolute Gasteiger partial charge is 0.373 e. The lowest BCUT2D eigenvalue weighted by atomic mass is 10.6. The van der Waals surface area contributed by atoms with Gasteiger partial charge in [0, 0.05) is 6.54 Å². The molecule has 8 heavy (non-hydrogen) atoms. The Morgan fingerprint density at radius 2 is 2.50 bits per heavy atom. The number of nitrogens with one attached hydrogen (secondary N) is 1. The molecule has 44 valence electrons. The van der Waals surface area contributed by atoms with Crippen LogP contribution in [0.2, 0.25) is 0 Å². The highest BCUT2D eigenvalue weighted by molar-refractivity contribution is 5.80. The molecule has 0 atom stereocenters. The van der Waals surface area contributed by atoms with E-state index in [2.05, 4.69) is 10.3 Å². The summed E-state index contributed by atoms with van der Waals surface area (Å²) in [5, 5.41) is 10.9. The van der Waals surface area contributed by atoms with Crippen molar-refractivity contribution in [3.63, 3.8) is 0 Å². The minimum atomic E-state index is 0.676. The molecular weight excluding hydrogens is 102 g/mol. The lowest BCUT2D eigenvalue weighted by Crippen LogP contribution is -2.18. The van der Waals surface area contributed by atoms with Crippen LogP contribution in [0, 0.1) is 11.5 Å². The first kappa shape index (κ1) is 6.96. The first-order chi connectivity index (χ1) is 3.81. The van der Waals surface area contributed by atoms with Crippen LogP contribution in [0.3, 0.4) is 0 Å². The first-order valence-electron chi connectivity index (χ1n) is 2.48. The normalized spacial score (nSPS) is 10.4. The molecule has 3 nitrogen and oxygen atoms in total. The van der Waals surface area contributed by atoms with E-state index in [0.717, 1.165) is 6.54 Å². The van der Waals surface area contributed by atoms with E-state index in [1.165, 1.54) is 0 Å². The third-order valence-corrected chi connectivity index (χ3v) is 0.650. The second kappa shape index (κ2) is 4.13. The Morgan fingerprint density at radius 1 is 1.88 bits per heavy atom. The van der Waals surface area contributed by atoms with Gasteiger partial charge in [-0.3, -0.25) is 0 Å². The number of hydrogen-bond acceptors (Lipinski definition) is 2. The highest BCUT2D eigenvalue weighted by Gasteiger charge is 1.80. The van der Waals surface area contributed by atoms with E-state index >= 15 is 0 Å². The van der Waals surface area contributed by atoms with Gasteiger partial charge in [-0.15, -0.1) is 0 Å². The maximum atomic E-state index is 7.99. The van der Waals surface area contributed by atoms with Gasteiger partial charge in [-0.1, -0.05) is 0 Å². The fraction of sp³-hybridized carbons (Fsp3) is 0.600. The number of hydrogen-bond donors (Lipinski definition) is 1. The van der Waals surface area contributed by atoms with Crippen molar-refractivity contribution >= 4 is 5.84 Å². The standard InChI is InChI=1S/C5H9N3/c1-3-7-5(2)8-4-6/h3H2,1-2H3,(H,7,8). The van der Waals surface area contributed by atoms with E-state index in [1.807, 2.05) is 6.92 Å². The molecule has 0 aliphatic heterocycles. The van der Waals surface area contributed by atoms with Crippen molar-refractivity contribution in [1.29, 1.82) is 5.26 Å². The molecule has 0 fully saturated rings. The van der Waals surface area contributed by atoms with Crippen LogP contribution in [0.1, 0.15) is 13.8 Å². The van der Waals surface area contributed by atoms with Crippen LogP contribution in [0.4, 0.5) is 0 Å². The third-order valence-electron chi connectivity index (χ3n) is 0.650. The van der Waals surface area contributed by atoms with Crippen LogP contribution in [0.15, 0.2) is 4.99 Å². The molecule has 0 aromatic carbocycles. The van der Waals surface area contributed by atoms with Crippen molar-refractivity contribution in [2.24, 2.45) is 4.99 Å². The summed E-state index contributed by atoms with van der Waals surface area (Å²) in [6.07, 6.45) is 1.68. The van der Waals surface area contributed by atoms with Crippen LogP contribution < -0.4 is 5.32 Å². The summed E-state index contributed by atoms with van der Waals surface area (Å²) in [6.45, 7) is 4.53. The van der Waals surface area contributed by atoms with Gasteiger partial charge in [0.05, 0.1) is 0 Å². The van der Waals surface area contributed by atoms with Crippen LogP contribution in [0.5, 0.6) is 0 Å². The number of nitrogens with zero attached hydrogens (tertiary/aromatic N) is 2. The maximum absolute atomic E-state index is 7.99. The summed E-state index contributed by atoms with van der Waals surface area (Å²) >= 11 is 0. The molecule has 3 heteroatoms. The predicted octanol–water partition coefficient (Wildman–Crippen LogP) is 0.495. The molecule has 0 aliphatic rings. The van der Waals surface area contributed by atoms with Crippen LogP contribution in [0.25, 0.3) is 0 Å². The third kappa shape index (κ3) is 3.16. The Morgan fingerprint density at radius 3 is 2.88 bits per heavy atom. The van der Waals surface area contributed by atoms with Gasteiger partial charge in [0.1, 0.15) is 5.84 Å². The lowest BCUT2D eigenvalue weighted by Gasteiger charge is -1.94.